The number of phenolic OH excluding ortho intramolecular Hbond substituents is 3. The van der Waals surface area contributed by atoms with Crippen LogP contribution in [-0.4, -0.2) is 29.5 Å². The Kier molecular flexibility index (Phi) is 5.56. The van der Waals surface area contributed by atoms with Crippen molar-refractivity contribution >= 4 is 27.6 Å². The summed E-state index contributed by atoms with van der Waals surface area (Å²) in [5.41, 5.74) is 0.205. The SMILES string of the molecule is O=C(C=Cc1cc(O)cc(NS(=O)(=O)c2cccc(O)c2)c1O)c1ccccc1. The third-order valence-corrected chi connectivity index (χ3v) is 5.33. The van der Waals surface area contributed by atoms with Crippen molar-refractivity contribution in [3.8, 4) is 17.2 Å². The second kappa shape index (κ2) is 8.07. The van der Waals surface area contributed by atoms with Crippen molar-refractivity contribution < 1.29 is 28.5 Å². The van der Waals surface area contributed by atoms with Crippen LogP contribution in [0.4, 0.5) is 5.69 Å². The standard InChI is InChI=1S/C21H17NO6S/c23-16-7-4-8-18(12-16)29(27,28)22-19-13-17(24)11-15(21(19)26)9-10-20(25)14-5-2-1-3-6-14/h1-13,22-24,26H. The summed E-state index contributed by atoms with van der Waals surface area (Å²) in [7, 11) is -4.14. The highest BCUT2D eigenvalue weighted by molar-refractivity contribution is 7.92. The van der Waals surface area contributed by atoms with Gasteiger partial charge in [0.05, 0.1) is 10.6 Å². The van der Waals surface area contributed by atoms with Crippen molar-refractivity contribution in [1.82, 2.24) is 0 Å². The monoisotopic (exact) mass is 411 g/mol. The summed E-state index contributed by atoms with van der Waals surface area (Å²) >= 11 is 0. The Morgan fingerprint density at radius 2 is 1.59 bits per heavy atom. The van der Waals surface area contributed by atoms with Gasteiger partial charge < -0.3 is 15.3 Å². The lowest BCUT2D eigenvalue weighted by molar-refractivity contribution is 0.104. The number of nitrogens with one attached hydrogen (secondary N) is 1. The molecular weight excluding hydrogens is 394 g/mol. The molecular formula is C21H17NO6S. The Balaban J connectivity index is 1.91. The molecule has 0 atom stereocenters. The molecule has 4 N–H and O–H groups in total. The van der Waals surface area contributed by atoms with Crippen LogP contribution in [0.1, 0.15) is 15.9 Å². The third kappa shape index (κ3) is 4.74. The van der Waals surface area contributed by atoms with Crippen molar-refractivity contribution in [2.24, 2.45) is 0 Å². The summed E-state index contributed by atoms with van der Waals surface area (Å²) in [6.45, 7) is 0. The smallest absolute Gasteiger partial charge is 0.262 e. The first-order valence-electron chi connectivity index (χ1n) is 8.41. The van der Waals surface area contributed by atoms with E-state index in [9.17, 15) is 28.5 Å². The zero-order chi connectivity index (χ0) is 21.0. The van der Waals surface area contributed by atoms with E-state index < -0.39 is 15.8 Å². The number of aromatic hydroxyl groups is 3. The van der Waals surface area contributed by atoms with Crippen LogP contribution in [-0.2, 0) is 10.0 Å². The van der Waals surface area contributed by atoms with Gasteiger partial charge in [0.25, 0.3) is 10.0 Å². The first kappa shape index (κ1) is 20.0. The maximum absolute atomic E-state index is 12.5. The molecule has 3 rings (SSSR count). The molecule has 3 aromatic rings. The van der Waals surface area contributed by atoms with Crippen LogP contribution in [0.25, 0.3) is 6.08 Å². The van der Waals surface area contributed by atoms with E-state index in [2.05, 4.69) is 4.72 Å². The molecule has 0 aliphatic heterocycles. The molecule has 0 heterocycles. The van der Waals surface area contributed by atoms with Crippen LogP contribution in [0.5, 0.6) is 17.2 Å². The molecule has 0 saturated carbocycles. The lowest BCUT2D eigenvalue weighted by Gasteiger charge is -2.12. The molecule has 0 spiro atoms. The van der Waals surface area contributed by atoms with Crippen molar-refractivity contribution in [2.45, 2.75) is 4.90 Å². The molecule has 148 valence electrons. The highest BCUT2D eigenvalue weighted by Gasteiger charge is 2.18. The number of benzene rings is 3. The summed E-state index contributed by atoms with van der Waals surface area (Å²) < 4.78 is 27.1. The zero-order valence-corrected chi connectivity index (χ0v) is 15.8. The van der Waals surface area contributed by atoms with Gasteiger partial charge in [0.15, 0.2) is 5.78 Å². The molecule has 7 nitrogen and oxygen atoms in total. The first-order valence-corrected chi connectivity index (χ1v) is 9.90. The predicted molar refractivity (Wildman–Crippen MR) is 108 cm³/mol. The van der Waals surface area contributed by atoms with E-state index in [1.165, 1.54) is 36.4 Å². The number of carbonyl (C=O) groups is 1. The van der Waals surface area contributed by atoms with Crippen LogP contribution < -0.4 is 4.72 Å². The van der Waals surface area contributed by atoms with E-state index in [4.69, 9.17) is 0 Å². The fourth-order valence-electron chi connectivity index (χ4n) is 2.56. The molecule has 0 unspecified atom stereocenters. The number of phenols is 3. The average molecular weight is 411 g/mol. The van der Waals surface area contributed by atoms with E-state index in [0.29, 0.717) is 5.56 Å². The van der Waals surface area contributed by atoms with E-state index in [-0.39, 0.29) is 33.4 Å². The lowest BCUT2D eigenvalue weighted by Crippen LogP contribution is -2.13. The molecule has 0 aliphatic rings. The molecule has 0 aromatic heterocycles. The number of rotatable bonds is 6. The Hall–Kier alpha value is -3.78. The number of carbonyl (C=O) groups excluding carboxylic acids is 1. The number of allylic oxidation sites excluding steroid dienone is 1. The van der Waals surface area contributed by atoms with Gasteiger partial charge in [-0.2, -0.15) is 0 Å². The number of hydrogen-bond acceptors (Lipinski definition) is 6. The van der Waals surface area contributed by atoms with Crippen molar-refractivity contribution in [2.75, 3.05) is 4.72 Å². The first-order chi connectivity index (χ1) is 13.8. The molecule has 8 heteroatoms. The fourth-order valence-corrected chi connectivity index (χ4v) is 3.66. The fraction of sp³-hybridized carbons (Fsp3) is 0. The van der Waals surface area contributed by atoms with Crippen LogP contribution in [0, 0.1) is 0 Å². The van der Waals surface area contributed by atoms with Gasteiger partial charge in [0.1, 0.15) is 17.2 Å². The van der Waals surface area contributed by atoms with Crippen LogP contribution in [0.15, 0.2) is 77.7 Å². The summed E-state index contributed by atoms with van der Waals surface area (Å²) in [6, 6.07) is 15.7. The second-order valence-electron chi connectivity index (χ2n) is 6.10. The lowest BCUT2D eigenvalue weighted by atomic mass is 10.1. The van der Waals surface area contributed by atoms with E-state index in [1.54, 1.807) is 30.3 Å². The van der Waals surface area contributed by atoms with Crippen LogP contribution >= 0.6 is 0 Å². The van der Waals surface area contributed by atoms with E-state index in [1.807, 2.05) is 0 Å². The van der Waals surface area contributed by atoms with Crippen molar-refractivity contribution in [3.05, 3.63) is 83.9 Å². The maximum Gasteiger partial charge on any atom is 0.262 e. The van der Waals surface area contributed by atoms with Gasteiger partial charge >= 0.3 is 0 Å². The van der Waals surface area contributed by atoms with Crippen molar-refractivity contribution in [3.63, 3.8) is 0 Å². The average Bonchev–Trinajstić information content (AvgIpc) is 2.69. The molecule has 3 aromatic carbocycles. The Morgan fingerprint density at radius 1 is 0.862 bits per heavy atom. The minimum atomic E-state index is -4.14. The molecule has 0 fully saturated rings. The zero-order valence-electron chi connectivity index (χ0n) is 15.0. The second-order valence-corrected chi connectivity index (χ2v) is 7.78. The largest absolute Gasteiger partial charge is 0.508 e. The quantitative estimate of drug-likeness (QED) is 0.213. The summed E-state index contributed by atoms with van der Waals surface area (Å²) in [5.74, 6) is -1.35. The van der Waals surface area contributed by atoms with Gasteiger partial charge in [-0.1, -0.05) is 36.4 Å². The highest BCUT2D eigenvalue weighted by atomic mass is 32.2. The Bertz CT molecular complexity index is 1190. The molecule has 0 amide bonds. The van der Waals surface area contributed by atoms with Gasteiger partial charge in [-0.05, 0) is 30.4 Å². The van der Waals surface area contributed by atoms with Gasteiger partial charge in [-0.25, -0.2) is 8.42 Å². The number of sulfonamides is 1. The van der Waals surface area contributed by atoms with Crippen LogP contribution in [0.3, 0.4) is 0 Å². The minimum Gasteiger partial charge on any atom is -0.508 e. The third-order valence-electron chi connectivity index (χ3n) is 3.97. The molecule has 0 bridgehead atoms. The molecule has 29 heavy (non-hydrogen) atoms. The topological polar surface area (TPSA) is 124 Å². The summed E-state index contributed by atoms with van der Waals surface area (Å²) in [4.78, 5) is 12.0. The normalized spacial score (nSPS) is 11.4. The minimum absolute atomic E-state index is 0.0443. The Labute approximate surface area is 167 Å². The summed E-state index contributed by atoms with van der Waals surface area (Å²) in [6.07, 6.45) is 2.48. The number of anilines is 1. The van der Waals surface area contributed by atoms with Gasteiger partial charge in [0, 0.05) is 23.3 Å². The molecule has 0 radical (unpaired) electrons. The van der Waals surface area contributed by atoms with Gasteiger partial charge in [-0.3, -0.25) is 9.52 Å². The predicted octanol–water partition coefficient (Wildman–Crippen LogP) is 3.50. The Morgan fingerprint density at radius 3 is 2.28 bits per heavy atom. The number of hydrogen-bond donors (Lipinski definition) is 4. The maximum atomic E-state index is 12.5. The van der Waals surface area contributed by atoms with E-state index in [0.717, 1.165) is 12.1 Å². The molecule has 0 saturated heterocycles. The van der Waals surface area contributed by atoms with Gasteiger partial charge in [-0.15, -0.1) is 0 Å². The van der Waals surface area contributed by atoms with E-state index >= 15 is 0 Å². The highest BCUT2D eigenvalue weighted by Crippen LogP contribution is 2.35. The van der Waals surface area contributed by atoms with Crippen molar-refractivity contribution in [1.29, 1.82) is 0 Å². The number of ketones is 1. The van der Waals surface area contributed by atoms with Gasteiger partial charge in [0.2, 0.25) is 0 Å². The van der Waals surface area contributed by atoms with Crippen LogP contribution in [0.2, 0.25) is 0 Å². The summed E-state index contributed by atoms with van der Waals surface area (Å²) in [5, 5.41) is 29.8. The molecule has 0 aliphatic carbocycles.